The molecular formula is C20H13ClN2. The minimum Gasteiger partial charge on any atom is -0.309 e. The maximum atomic E-state index is 9.26. The summed E-state index contributed by atoms with van der Waals surface area (Å²) < 4.78 is 2.19. The van der Waals surface area contributed by atoms with Crippen LogP contribution >= 0.6 is 11.6 Å². The first-order chi connectivity index (χ1) is 11.2. The second kappa shape index (κ2) is 5.15. The average molecular weight is 317 g/mol. The number of hydrogen-bond acceptors (Lipinski definition) is 1. The summed E-state index contributed by atoms with van der Waals surface area (Å²) in [6, 6.07) is 22.1. The van der Waals surface area contributed by atoms with Crippen LogP contribution in [0.5, 0.6) is 0 Å². The van der Waals surface area contributed by atoms with E-state index in [-0.39, 0.29) is 0 Å². The molecule has 0 atom stereocenters. The summed E-state index contributed by atoms with van der Waals surface area (Å²) in [6.07, 6.45) is 0. The number of para-hydroxylation sites is 1. The summed E-state index contributed by atoms with van der Waals surface area (Å²) in [5.74, 6) is 0. The molecule has 0 fully saturated rings. The minimum atomic E-state index is 0.645. The summed E-state index contributed by atoms with van der Waals surface area (Å²) in [7, 11) is 0. The van der Waals surface area contributed by atoms with Gasteiger partial charge in [-0.05, 0) is 42.8 Å². The molecule has 4 rings (SSSR count). The van der Waals surface area contributed by atoms with Crippen molar-refractivity contribution in [1.29, 1.82) is 5.26 Å². The quantitative estimate of drug-likeness (QED) is 0.448. The van der Waals surface area contributed by atoms with Gasteiger partial charge in [-0.15, -0.1) is 0 Å². The van der Waals surface area contributed by atoms with E-state index < -0.39 is 0 Å². The van der Waals surface area contributed by atoms with Gasteiger partial charge in [0.1, 0.15) is 0 Å². The normalized spacial score (nSPS) is 11.0. The van der Waals surface area contributed by atoms with Gasteiger partial charge in [0.05, 0.1) is 27.7 Å². The average Bonchev–Trinajstić information content (AvgIpc) is 2.90. The molecule has 0 bridgehead atoms. The zero-order valence-corrected chi connectivity index (χ0v) is 13.3. The van der Waals surface area contributed by atoms with Gasteiger partial charge in [0.25, 0.3) is 0 Å². The van der Waals surface area contributed by atoms with Gasteiger partial charge >= 0.3 is 0 Å². The number of rotatable bonds is 1. The van der Waals surface area contributed by atoms with Crippen molar-refractivity contribution in [2.45, 2.75) is 6.92 Å². The van der Waals surface area contributed by atoms with E-state index in [0.29, 0.717) is 5.56 Å². The summed E-state index contributed by atoms with van der Waals surface area (Å²) in [4.78, 5) is 0. The SMILES string of the molecule is Cc1ccccc1-n1c2cc(C#N)ccc2c2c(Cl)cccc21. The van der Waals surface area contributed by atoms with Crippen LogP contribution in [0.4, 0.5) is 0 Å². The third-order valence-corrected chi connectivity index (χ3v) is 4.54. The molecule has 1 heterocycles. The molecule has 0 aliphatic carbocycles. The van der Waals surface area contributed by atoms with Crippen molar-refractivity contribution in [2.75, 3.05) is 0 Å². The zero-order chi connectivity index (χ0) is 16.0. The number of fused-ring (bicyclic) bond motifs is 3. The summed E-state index contributed by atoms with van der Waals surface area (Å²) in [5, 5.41) is 12.1. The molecule has 3 aromatic carbocycles. The third kappa shape index (κ3) is 2.02. The van der Waals surface area contributed by atoms with Crippen LogP contribution in [0.2, 0.25) is 5.02 Å². The fourth-order valence-electron chi connectivity index (χ4n) is 3.17. The predicted molar refractivity (Wildman–Crippen MR) is 95.2 cm³/mol. The third-order valence-electron chi connectivity index (χ3n) is 4.23. The van der Waals surface area contributed by atoms with Crippen LogP contribution in [-0.2, 0) is 0 Å². The number of nitrogens with zero attached hydrogens (tertiary/aromatic N) is 2. The van der Waals surface area contributed by atoms with Crippen LogP contribution < -0.4 is 0 Å². The number of nitriles is 1. The lowest BCUT2D eigenvalue weighted by atomic mass is 10.1. The molecule has 0 amide bonds. The lowest BCUT2D eigenvalue weighted by Crippen LogP contribution is -1.96. The van der Waals surface area contributed by atoms with Gasteiger partial charge in [-0.25, -0.2) is 0 Å². The lowest BCUT2D eigenvalue weighted by molar-refractivity contribution is 1.15. The van der Waals surface area contributed by atoms with E-state index in [1.165, 1.54) is 5.56 Å². The molecule has 0 unspecified atom stereocenters. The van der Waals surface area contributed by atoms with E-state index in [2.05, 4.69) is 35.8 Å². The fraction of sp³-hybridized carbons (Fsp3) is 0.0500. The van der Waals surface area contributed by atoms with Crippen molar-refractivity contribution in [1.82, 2.24) is 4.57 Å². The molecule has 0 saturated heterocycles. The monoisotopic (exact) mass is 316 g/mol. The van der Waals surface area contributed by atoms with Crippen molar-refractivity contribution in [2.24, 2.45) is 0 Å². The van der Waals surface area contributed by atoms with E-state index in [9.17, 15) is 5.26 Å². The smallest absolute Gasteiger partial charge is 0.0992 e. The Bertz CT molecular complexity index is 1100. The van der Waals surface area contributed by atoms with E-state index in [1.807, 2.05) is 42.5 Å². The van der Waals surface area contributed by atoms with Gasteiger partial charge in [-0.1, -0.05) is 41.9 Å². The highest BCUT2D eigenvalue weighted by molar-refractivity contribution is 6.38. The molecular weight excluding hydrogens is 304 g/mol. The summed E-state index contributed by atoms with van der Waals surface area (Å²) in [6.45, 7) is 2.09. The Balaban J connectivity index is 2.27. The Morgan fingerprint density at radius 1 is 0.957 bits per heavy atom. The van der Waals surface area contributed by atoms with Gasteiger partial charge in [0.2, 0.25) is 0 Å². The van der Waals surface area contributed by atoms with E-state index in [1.54, 1.807) is 0 Å². The molecule has 4 aromatic rings. The van der Waals surface area contributed by atoms with E-state index >= 15 is 0 Å². The molecule has 0 radical (unpaired) electrons. The maximum absolute atomic E-state index is 9.26. The second-order valence-electron chi connectivity index (χ2n) is 5.60. The van der Waals surface area contributed by atoms with Crippen molar-refractivity contribution >= 4 is 33.4 Å². The van der Waals surface area contributed by atoms with Crippen LogP contribution in [-0.4, -0.2) is 4.57 Å². The second-order valence-corrected chi connectivity index (χ2v) is 6.01. The molecule has 0 aliphatic heterocycles. The van der Waals surface area contributed by atoms with Gasteiger partial charge in [-0.2, -0.15) is 5.26 Å². The van der Waals surface area contributed by atoms with Crippen LogP contribution in [0.25, 0.3) is 27.5 Å². The van der Waals surface area contributed by atoms with Gasteiger partial charge in [0.15, 0.2) is 0 Å². The molecule has 23 heavy (non-hydrogen) atoms. The molecule has 0 saturated carbocycles. The maximum Gasteiger partial charge on any atom is 0.0992 e. The van der Waals surface area contributed by atoms with Crippen molar-refractivity contribution in [3.63, 3.8) is 0 Å². The molecule has 1 aromatic heterocycles. The Morgan fingerprint density at radius 3 is 2.57 bits per heavy atom. The topological polar surface area (TPSA) is 28.7 Å². The highest BCUT2D eigenvalue weighted by atomic mass is 35.5. The van der Waals surface area contributed by atoms with Gasteiger partial charge in [0, 0.05) is 16.5 Å². The molecule has 3 heteroatoms. The van der Waals surface area contributed by atoms with E-state index in [4.69, 9.17) is 11.6 Å². The predicted octanol–water partition coefficient (Wildman–Crippen LogP) is 5.62. The number of benzene rings is 3. The highest BCUT2D eigenvalue weighted by Crippen LogP contribution is 2.37. The summed E-state index contributed by atoms with van der Waals surface area (Å²) >= 11 is 6.47. The molecule has 0 aliphatic rings. The van der Waals surface area contributed by atoms with Gasteiger partial charge < -0.3 is 4.57 Å². The largest absolute Gasteiger partial charge is 0.309 e. The van der Waals surface area contributed by atoms with Crippen molar-refractivity contribution in [3.8, 4) is 11.8 Å². The van der Waals surface area contributed by atoms with Crippen LogP contribution in [0.3, 0.4) is 0 Å². The first-order valence-corrected chi connectivity index (χ1v) is 7.77. The Hall–Kier alpha value is -2.76. The van der Waals surface area contributed by atoms with Crippen LogP contribution in [0.1, 0.15) is 11.1 Å². The first kappa shape index (κ1) is 13.9. The molecule has 0 spiro atoms. The summed E-state index contributed by atoms with van der Waals surface area (Å²) in [5.41, 5.74) is 4.98. The van der Waals surface area contributed by atoms with Crippen LogP contribution in [0, 0.1) is 18.3 Å². The molecule has 110 valence electrons. The number of hydrogen-bond donors (Lipinski definition) is 0. The zero-order valence-electron chi connectivity index (χ0n) is 12.5. The number of aryl methyl sites for hydroxylation is 1. The molecule has 0 N–H and O–H groups in total. The lowest BCUT2D eigenvalue weighted by Gasteiger charge is -2.10. The fourth-order valence-corrected chi connectivity index (χ4v) is 3.44. The van der Waals surface area contributed by atoms with Gasteiger partial charge in [-0.3, -0.25) is 0 Å². The Labute approximate surface area is 139 Å². The van der Waals surface area contributed by atoms with Crippen molar-refractivity contribution in [3.05, 3.63) is 76.8 Å². The number of aromatic nitrogens is 1. The highest BCUT2D eigenvalue weighted by Gasteiger charge is 2.15. The van der Waals surface area contributed by atoms with Crippen LogP contribution in [0.15, 0.2) is 60.7 Å². The Morgan fingerprint density at radius 2 is 1.78 bits per heavy atom. The minimum absolute atomic E-state index is 0.645. The molecule has 2 nitrogen and oxygen atoms in total. The Kier molecular flexibility index (Phi) is 3.11. The standard InChI is InChI=1S/C20H13ClN2/c1-13-5-2-3-7-17(13)23-18-8-4-6-16(21)20(18)15-10-9-14(12-22)11-19(15)23/h2-11H,1H3. The van der Waals surface area contributed by atoms with Crippen molar-refractivity contribution < 1.29 is 0 Å². The number of halogens is 1. The van der Waals surface area contributed by atoms with E-state index in [0.717, 1.165) is 32.5 Å². The first-order valence-electron chi connectivity index (χ1n) is 7.39.